The van der Waals surface area contributed by atoms with Crippen LogP contribution in [0.5, 0.6) is 5.75 Å². The average molecular weight is 452 g/mol. The molecule has 176 valence electrons. The maximum Gasteiger partial charge on any atom is 0.414 e. The Morgan fingerprint density at radius 3 is 2.55 bits per heavy atom. The van der Waals surface area contributed by atoms with Crippen molar-refractivity contribution < 1.29 is 19.1 Å². The van der Waals surface area contributed by atoms with Crippen LogP contribution in [0.4, 0.5) is 10.5 Å². The molecular weight excluding hydrogens is 418 g/mol. The Labute approximate surface area is 195 Å². The van der Waals surface area contributed by atoms with Gasteiger partial charge in [0.2, 0.25) is 0 Å². The Morgan fingerprint density at radius 1 is 1.12 bits per heavy atom. The van der Waals surface area contributed by atoms with Gasteiger partial charge in [-0.3, -0.25) is 14.6 Å². The minimum Gasteiger partial charge on any atom is -0.497 e. The van der Waals surface area contributed by atoms with Gasteiger partial charge in [0, 0.05) is 25.7 Å². The lowest BCUT2D eigenvalue weighted by atomic mass is 9.99. The largest absolute Gasteiger partial charge is 0.497 e. The summed E-state index contributed by atoms with van der Waals surface area (Å²) < 4.78 is 10.5. The van der Waals surface area contributed by atoms with Crippen molar-refractivity contribution in [3.05, 3.63) is 65.7 Å². The summed E-state index contributed by atoms with van der Waals surface area (Å²) in [5.74, 6) is -0.0603. The van der Waals surface area contributed by atoms with E-state index in [0.29, 0.717) is 18.0 Å². The second-order valence-electron chi connectivity index (χ2n) is 7.95. The Kier molecular flexibility index (Phi) is 8.89. The lowest BCUT2D eigenvalue weighted by Crippen LogP contribution is -2.35. The van der Waals surface area contributed by atoms with Crippen LogP contribution in [0.1, 0.15) is 42.1 Å². The molecule has 0 aliphatic carbocycles. The van der Waals surface area contributed by atoms with Crippen molar-refractivity contribution in [3.63, 3.8) is 0 Å². The molecule has 0 bridgehead atoms. The minimum atomic E-state index is -0.601. The van der Waals surface area contributed by atoms with Crippen molar-refractivity contribution >= 4 is 23.3 Å². The van der Waals surface area contributed by atoms with E-state index < -0.39 is 12.0 Å². The molecular formula is C26H33N3O4. The van der Waals surface area contributed by atoms with Gasteiger partial charge in [0.15, 0.2) is 0 Å². The Balaban J connectivity index is 1.60. The van der Waals surface area contributed by atoms with E-state index in [-0.39, 0.29) is 12.2 Å². The number of hydrogen-bond donors (Lipinski definition) is 1. The zero-order valence-electron chi connectivity index (χ0n) is 19.5. The standard InChI is InChI=1S/C26H33N3O4/c1-3-33-26(31)29(24-19-22(32-2)11-12-23(24)25(27)30)16-8-7-15-28-17-13-21(14-18-28)20-9-5-4-6-10-20/h4-6,9-13,19H,3,7-8,14-18H2,1-2H3,(H2,27,30). The molecule has 1 aliphatic rings. The molecule has 0 atom stereocenters. The van der Waals surface area contributed by atoms with Crippen LogP contribution in [0.15, 0.2) is 54.6 Å². The van der Waals surface area contributed by atoms with Crippen LogP contribution in [0.2, 0.25) is 0 Å². The molecule has 3 rings (SSSR count). The number of benzene rings is 2. The summed E-state index contributed by atoms with van der Waals surface area (Å²) in [6.45, 7) is 5.30. The highest BCUT2D eigenvalue weighted by Gasteiger charge is 2.23. The Morgan fingerprint density at radius 2 is 1.91 bits per heavy atom. The SMILES string of the molecule is CCOC(=O)N(CCCCN1CC=C(c2ccccc2)CC1)c1cc(OC)ccc1C(N)=O. The summed E-state index contributed by atoms with van der Waals surface area (Å²) in [5, 5.41) is 0. The smallest absolute Gasteiger partial charge is 0.414 e. The number of methoxy groups -OCH3 is 1. The molecule has 0 spiro atoms. The first-order chi connectivity index (χ1) is 16.0. The van der Waals surface area contributed by atoms with Crippen LogP contribution in [-0.2, 0) is 4.74 Å². The molecule has 0 fully saturated rings. The molecule has 2 aromatic carbocycles. The molecule has 0 saturated heterocycles. The van der Waals surface area contributed by atoms with Gasteiger partial charge in [-0.15, -0.1) is 0 Å². The molecule has 0 radical (unpaired) electrons. The van der Waals surface area contributed by atoms with E-state index in [4.69, 9.17) is 15.2 Å². The van der Waals surface area contributed by atoms with Crippen LogP contribution < -0.4 is 15.4 Å². The van der Waals surface area contributed by atoms with Crippen molar-refractivity contribution in [1.29, 1.82) is 0 Å². The van der Waals surface area contributed by atoms with Crippen molar-refractivity contribution in [2.24, 2.45) is 5.73 Å². The van der Waals surface area contributed by atoms with Crippen molar-refractivity contribution in [1.82, 2.24) is 4.90 Å². The number of primary amides is 1. The molecule has 2 aromatic rings. The van der Waals surface area contributed by atoms with Gasteiger partial charge >= 0.3 is 6.09 Å². The first kappa shape index (κ1) is 24.3. The predicted octanol–water partition coefficient (Wildman–Crippen LogP) is 4.33. The van der Waals surface area contributed by atoms with Gasteiger partial charge in [0.25, 0.3) is 5.91 Å². The van der Waals surface area contributed by atoms with Gasteiger partial charge in [-0.2, -0.15) is 0 Å². The lowest BCUT2D eigenvalue weighted by Gasteiger charge is -2.27. The van der Waals surface area contributed by atoms with Crippen molar-refractivity contribution in [2.75, 3.05) is 44.8 Å². The number of carbonyl (C=O) groups excluding carboxylic acids is 2. The van der Waals surface area contributed by atoms with Crippen LogP contribution in [0, 0.1) is 0 Å². The predicted molar refractivity (Wildman–Crippen MR) is 131 cm³/mol. The molecule has 33 heavy (non-hydrogen) atoms. The first-order valence-corrected chi connectivity index (χ1v) is 11.4. The fourth-order valence-corrected chi connectivity index (χ4v) is 4.02. The van der Waals surface area contributed by atoms with Gasteiger partial charge in [0.1, 0.15) is 5.75 Å². The molecule has 2 N–H and O–H groups in total. The summed E-state index contributed by atoms with van der Waals surface area (Å²) in [6.07, 6.45) is 4.52. The van der Waals surface area contributed by atoms with E-state index in [0.717, 1.165) is 38.9 Å². The summed E-state index contributed by atoms with van der Waals surface area (Å²) in [5.41, 5.74) is 8.92. The molecule has 2 amide bonds. The number of ether oxygens (including phenoxy) is 2. The second-order valence-corrected chi connectivity index (χ2v) is 7.95. The van der Waals surface area contributed by atoms with E-state index in [1.807, 2.05) is 6.07 Å². The number of amides is 2. The third-order valence-electron chi connectivity index (χ3n) is 5.79. The van der Waals surface area contributed by atoms with Gasteiger partial charge < -0.3 is 15.2 Å². The molecule has 0 saturated carbocycles. The average Bonchev–Trinajstić information content (AvgIpc) is 2.84. The number of nitrogens with zero attached hydrogens (tertiary/aromatic N) is 2. The van der Waals surface area contributed by atoms with Crippen molar-refractivity contribution in [2.45, 2.75) is 26.2 Å². The highest BCUT2D eigenvalue weighted by Crippen LogP contribution is 2.27. The molecule has 1 heterocycles. The summed E-state index contributed by atoms with van der Waals surface area (Å²) >= 11 is 0. The monoisotopic (exact) mass is 451 g/mol. The Hall–Kier alpha value is -3.32. The molecule has 1 aliphatic heterocycles. The van der Waals surface area contributed by atoms with Crippen LogP contribution >= 0.6 is 0 Å². The minimum absolute atomic E-state index is 0.245. The van der Waals surface area contributed by atoms with E-state index in [9.17, 15) is 9.59 Å². The van der Waals surface area contributed by atoms with E-state index >= 15 is 0 Å². The quantitative estimate of drug-likeness (QED) is 0.544. The van der Waals surface area contributed by atoms with Gasteiger partial charge in [-0.25, -0.2) is 4.79 Å². The summed E-state index contributed by atoms with van der Waals surface area (Å²) in [6, 6.07) is 15.4. The number of nitrogens with two attached hydrogens (primary N) is 1. The van der Waals surface area contributed by atoms with Crippen LogP contribution in [0.25, 0.3) is 5.57 Å². The summed E-state index contributed by atoms with van der Waals surface area (Å²) in [7, 11) is 1.54. The van der Waals surface area contributed by atoms with Gasteiger partial charge in [0.05, 0.1) is 25.0 Å². The number of anilines is 1. The van der Waals surface area contributed by atoms with Gasteiger partial charge in [-0.05, 0) is 56.0 Å². The molecule has 7 heteroatoms. The fourth-order valence-electron chi connectivity index (χ4n) is 4.02. The third-order valence-corrected chi connectivity index (χ3v) is 5.79. The molecule has 7 nitrogen and oxygen atoms in total. The lowest BCUT2D eigenvalue weighted by molar-refractivity contribution is 0.100. The normalized spacial score (nSPS) is 13.8. The maximum absolute atomic E-state index is 12.7. The zero-order valence-corrected chi connectivity index (χ0v) is 19.5. The molecule has 0 aromatic heterocycles. The first-order valence-electron chi connectivity index (χ1n) is 11.4. The number of carbonyl (C=O) groups is 2. The van der Waals surface area contributed by atoms with Gasteiger partial charge in [-0.1, -0.05) is 36.4 Å². The Bertz CT molecular complexity index is 975. The highest BCUT2D eigenvalue weighted by atomic mass is 16.6. The third kappa shape index (κ3) is 6.58. The van der Waals surface area contributed by atoms with E-state index in [1.54, 1.807) is 25.1 Å². The van der Waals surface area contributed by atoms with E-state index in [1.165, 1.54) is 23.1 Å². The van der Waals surface area contributed by atoms with Crippen LogP contribution in [-0.4, -0.2) is 56.8 Å². The molecule has 0 unspecified atom stereocenters. The van der Waals surface area contributed by atoms with E-state index in [2.05, 4.69) is 35.2 Å². The van der Waals surface area contributed by atoms with Crippen LogP contribution in [0.3, 0.4) is 0 Å². The number of hydrogen-bond acceptors (Lipinski definition) is 5. The topological polar surface area (TPSA) is 85.1 Å². The van der Waals surface area contributed by atoms with Crippen molar-refractivity contribution in [3.8, 4) is 5.75 Å². The summed E-state index contributed by atoms with van der Waals surface area (Å²) in [4.78, 5) is 28.5. The number of rotatable bonds is 10. The maximum atomic E-state index is 12.7. The fraction of sp³-hybridized carbons (Fsp3) is 0.385. The number of unbranched alkanes of at least 4 members (excludes halogenated alkanes) is 1. The zero-order chi connectivity index (χ0) is 23.6. The second kappa shape index (κ2) is 12.1. The highest BCUT2D eigenvalue weighted by molar-refractivity contribution is 6.03.